The van der Waals surface area contributed by atoms with Crippen molar-refractivity contribution in [2.45, 2.75) is 12.8 Å². The zero-order valence-corrected chi connectivity index (χ0v) is 14.7. The molecule has 6 heteroatoms. The third-order valence-corrected chi connectivity index (χ3v) is 4.92. The van der Waals surface area contributed by atoms with Gasteiger partial charge in [-0.1, -0.05) is 12.1 Å². The second-order valence-electron chi connectivity index (χ2n) is 6.75. The van der Waals surface area contributed by atoms with E-state index in [1.165, 1.54) is 12.1 Å². The standard InChI is InChI=1S/C21H20FN3O2/c22-14-5-6-17-16(11-14)19(25-21(27)13-7-9-23-10-8-13)12-18(24-17)15-3-1-2-4-20(15)26/h1-6,11-13,23,26H,7-10H2,(H,24,25,27). The first-order chi connectivity index (χ1) is 13.1. The number of benzene rings is 2. The summed E-state index contributed by atoms with van der Waals surface area (Å²) in [5.74, 6) is -0.438. The van der Waals surface area contributed by atoms with E-state index in [1.807, 2.05) is 0 Å². The van der Waals surface area contributed by atoms with Crippen molar-refractivity contribution >= 4 is 22.5 Å². The molecular formula is C21H20FN3O2. The Balaban J connectivity index is 1.78. The fraction of sp³-hybridized carbons (Fsp3) is 0.238. The van der Waals surface area contributed by atoms with E-state index >= 15 is 0 Å². The molecule has 2 heterocycles. The highest BCUT2D eigenvalue weighted by atomic mass is 19.1. The fourth-order valence-electron chi connectivity index (χ4n) is 3.45. The summed E-state index contributed by atoms with van der Waals surface area (Å²) < 4.78 is 13.8. The average Bonchev–Trinajstić information content (AvgIpc) is 2.69. The summed E-state index contributed by atoms with van der Waals surface area (Å²) in [7, 11) is 0. The van der Waals surface area contributed by atoms with E-state index < -0.39 is 5.82 Å². The molecule has 138 valence electrons. The van der Waals surface area contributed by atoms with Crippen LogP contribution in [0.2, 0.25) is 0 Å². The maximum atomic E-state index is 13.8. The number of rotatable bonds is 3. The molecule has 4 rings (SSSR count). The maximum absolute atomic E-state index is 13.8. The van der Waals surface area contributed by atoms with Gasteiger partial charge in [0.25, 0.3) is 0 Å². The van der Waals surface area contributed by atoms with Crippen LogP contribution in [-0.4, -0.2) is 29.1 Å². The van der Waals surface area contributed by atoms with Gasteiger partial charge in [0.15, 0.2) is 0 Å². The van der Waals surface area contributed by atoms with Gasteiger partial charge in [-0.15, -0.1) is 0 Å². The lowest BCUT2D eigenvalue weighted by atomic mass is 9.97. The molecule has 0 unspecified atom stereocenters. The number of fused-ring (bicyclic) bond motifs is 1. The number of carbonyl (C=O) groups excluding carboxylic acids is 1. The lowest BCUT2D eigenvalue weighted by molar-refractivity contribution is -0.120. The van der Waals surface area contributed by atoms with Crippen molar-refractivity contribution in [3.05, 3.63) is 54.3 Å². The molecule has 0 aliphatic carbocycles. The molecule has 3 aromatic rings. The Morgan fingerprint density at radius 1 is 1.15 bits per heavy atom. The van der Waals surface area contributed by atoms with Crippen LogP contribution in [0.25, 0.3) is 22.2 Å². The van der Waals surface area contributed by atoms with E-state index in [0.29, 0.717) is 27.8 Å². The number of aromatic hydroxyl groups is 1. The Labute approximate surface area is 156 Å². The largest absolute Gasteiger partial charge is 0.507 e. The summed E-state index contributed by atoms with van der Waals surface area (Å²) in [6.45, 7) is 1.62. The number of halogens is 1. The van der Waals surface area contributed by atoms with Gasteiger partial charge in [-0.2, -0.15) is 0 Å². The van der Waals surface area contributed by atoms with E-state index in [-0.39, 0.29) is 17.6 Å². The van der Waals surface area contributed by atoms with E-state index in [4.69, 9.17) is 0 Å². The molecule has 27 heavy (non-hydrogen) atoms. The van der Waals surface area contributed by atoms with Gasteiger partial charge >= 0.3 is 0 Å². The van der Waals surface area contributed by atoms with Crippen molar-refractivity contribution in [3.63, 3.8) is 0 Å². The SMILES string of the molecule is O=C(Nc1cc(-c2ccccc2O)nc2ccc(F)cc12)C1CCNCC1. The summed E-state index contributed by atoms with van der Waals surface area (Å²) in [4.78, 5) is 17.2. The number of piperidine rings is 1. The predicted octanol–water partition coefficient (Wildman–Crippen LogP) is 3.68. The van der Waals surface area contributed by atoms with Gasteiger partial charge in [-0.3, -0.25) is 4.79 Å². The highest BCUT2D eigenvalue weighted by Gasteiger charge is 2.22. The van der Waals surface area contributed by atoms with E-state index in [1.54, 1.807) is 36.4 Å². The molecule has 0 atom stereocenters. The number of nitrogens with zero attached hydrogens (tertiary/aromatic N) is 1. The number of pyridine rings is 1. The number of para-hydroxylation sites is 1. The quantitative estimate of drug-likeness (QED) is 0.662. The summed E-state index contributed by atoms with van der Waals surface area (Å²) in [5.41, 5.74) is 2.13. The van der Waals surface area contributed by atoms with Crippen molar-refractivity contribution in [1.29, 1.82) is 0 Å². The van der Waals surface area contributed by atoms with E-state index in [0.717, 1.165) is 25.9 Å². The second-order valence-corrected chi connectivity index (χ2v) is 6.75. The Kier molecular flexibility index (Phi) is 4.73. The van der Waals surface area contributed by atoms with E-state index in [2.05, 4.69) is 15.6 Å². The van der Waals surface area contributed by atoms with Crippen molar-refractivity contribution in [2.24, 2.45) is 5.92 Å². The zero-order chi connectivity index (χ0) is 18.8. The minimum Gasteiger partial charge on any atom is -0.507 e. The monoisotopic (exact) mass is 365 g/mol. The summed E-state index contributed by atoms with van der Waals surface area (Å²) >= 11 is 0. The molecule has 1 aliphatic rings. The number of carbonyl (C=O) groups is 1. The molecule has 1 amide bonds. The highest BCUT2D eigenvalue weighted by molar-refractivity contribution is 6.03. The molecule has 1 aliphatic heterocycles. The topological polar surface area (TPSA) is 74.2 Å². The Morgan fingerprint density at radius 2 is 1.93 bits per heavy atom. The number of aromatic nitrogens is 1. The van der Waals surface area contributed by atoms with Crippen LogP contribution in [0.4, 0.5) is 10.1 Å². The third kappa shape index (κ3) is 3.61. The molecule has 2 aromatic carbocycles. The molecule has 3 N–H and O–H groups in total. The summed E-state index contributed by atoms with van der Waals surface area (Å²) in [6, 6.07) is 12.8. The minimum atomic E-state index is -0.392. The Hall–Kier alpha value is -2.99. The molecule has 0 saturated carbocycles. The number of anilines is 1. The first kappa shape index (κ1) is 17.4. The average molecular weight is 365 g/mol. The van der Waals surface area contributed by atoms with Gasteiger partial charge in [0.2, 0.25) is 5.91 Å². The molecule has 0 bridgehead atoms. The molecule has 1 aromatic heterocycles. The molecule has 0 spiro atoms. The number of phenolic OH excluding ortho intramolecular Hbond substituents is 1. The van der Waals surface area contributed by atoms with Gasteiger partial charge < -0.3 is 15.7 Å². The van der Waals surface area contributed by atoms with Gasteiger partial charge in [-0.05, 0) is 62.3 Å². The normalized spacial score (nSPS) is 15.0. The van der Waals surface area contributed by atoms with Crippen molar-refractivity contribution < 1.29 is 14.3 Å². The number of hydrogen-bond donors (Lipinski definition) is 3. The summed E-state index contributed by atoms with van der Waals surface area (Å²) in [5, 5.41) is 16.9. The van der Waals surface area contributed by atoms with Gasteiger partial charge in [0.1, 0.15) is 11.6 Å². The Morgan fingerprint density at radius 3 is 2.70 bits per heavy atom. The second kappa shape index (κ2) is 7.32. The number of nitrogens with one attached hydrogen (secondary N) is 2. The molecule has 0 radical (unpaired) electrons. The third-order valence-electron chi connectivity index (χ3n) is 4.92. The Bertz CT molecular complexity index is 1000. The van der Waals surface area contributed by atoms with Crippen LogP contribution in [0, 0.1) is 11.7 Å². The zero-order valence-electron chi connectivity index (χ0n) is 14.7. The van der Waals surface area contributed by atoms with Crippen LogP contribution in [0.1, 0.15) is 12.8 Å². The molecule has 1 fully saturated rings. The van der Waals surface area contributed by atoms with Gasteiger partial charge in [0, 0.05) is 16.9 Å². The number of amides is 1. The van der Waals surface area contributed by atoms with E-state index in [9.17, 15) is 14.3 Å². The van der Waals surface area contributed by atoms with Crippen LogP contribution in [0.3, 0.4) is 0 Å². The lowest BCUT2D eigenvalue weighted by Crippen LogP contribution is -2.34. The molecule has 5 nitrogen and oxygen atoms in total. The molecular weight excluding hydrogens is 345 g/mol. The van der Waals surface area contributed by atoms with Crippen molar-refractivity contribution in [3.8, 4) is 17.0 Å². The molecule has 1 saturated heterocycles. The fourth-order valence-corrected chi connectivity index (χ4v) is 3.45. The van der Waals surface area contributed by atoms with Crippen LogP contribution in [-0.2, 0) is 4.79 Å². The maximum Gasteiger partial charge on any atom is 0.227 e. The first-order valence-corrected chi connectivity index (χ1v) is 9.02. The van der Waals surface area contributed by atoms with Crippen LogP contribution >= 0.6 is 0 Å². The minimum absolute atomic E-state index is 0.0726. The number of hydrogen-bond acceptors (Lipinski definition) is 4. The first-order valence-electron chi connectivity index (χ1n) is 9.02. The van der Waals surface area contributed by atoms with Gasteiger partial charge in [-0.25, -0.2) is 9.37 Å². The summed E-state index contributed by atoms with van der Waals surface area (Å²) in [6.07, 6.45) is 1.55. The van der Waals surface area contributed by atoms with Crippen LogP contribution < -0.4 is 10.6 Å². The lowest BCUT2D eigenvalue weighted by Gasteiger charge is -2.22. The van der Waals surface area contributed by atoms with Crippen LogP contribution in [0.15, 0.2) is 48.5 Å². The predicted molar refractivity (Wildman–Crippen MR) is 103 cm³/mol. The van der Waals surface area contributed by atoms with Crippen molar-refractivity contribution in [1.82, 2.24) is 10.3 Å². The highest BCUT2D eigenvalue weighted by Crippen LogP contribution is 2.33. The van der Waals surface area contributed by atoms with Gasteiger partial charge in [0.05, 0.1) is 16.9 Å². The van der Waals surface area contributed by atoms with Crippen molar-refractivity contribution in [2.75, 3.05) is 18.4 Å². The number of phenols is 1. The smallest absolute Gasteiger partial charge is 0.227 e. The van der Waals surface area contributed by atoms with Crippen LogP contribution in [0.5, 0.6) is 5.75 Å².